The largest absolute Gasteiger partial charge is 0.497 e. The number of hydrogen-bond donors (Lipinski definition) is 0. The van der Waals surface area contributed by atoms with Crippen molar-refractivity contribution in [3.63, 3.8) is 0 Å². The first-order valence-corrected chi connectivity index (χ1v) is 7.91. The first-order valence-electron chi connectivity index (χ1n) is 7.91. The Balaban J connectivity index is 1.56. The fourth-order valence-electron chi connectivity index (χ4n) is 2.76. The molecule has 0 aromatic heterocycles. The SMILES string of the molecule is COc1ccc(C[C@H]2C(F)CN2C(=O)OCc2ccccc2)cc1. The Kier molecular flexibility index (Phi) is 4.99. The molecule has 2 atom stereocenters. The number of benzene rings is 2. The van der Waals surface area contributed by atoms with Crippen molar-refractivity contribution in [2.45, 2.75) is 25.2 Å². The Bertz CT molecular complexity index is 675. The smallest absolute Gasteiger partial charge is 0.410 e. The monoisotopic (exact) mass is 329 g/mol. The molecular weight excluding hydrogens is 309 g/mol. The molecule has 5 heteroatoms. The van der Waals surface area contributed by atoms with Crippen LogP contribution in [-0.2, 0) is 17.8 Å². The number of likely N-dealkylation sites (tertiary alicyclic amines) is 1. The van der Waals surface area contributed by atoms with E-state index in [1.807, 2.05) is 54.6 Å². The molecule has 0 radical (unpaired) electrons. The normalized spacial score (nSPS) is 19.5. The fraction of sp³-hybridized carbons (Fsp3) is 0.316. The molecule has 3 rings (SSSR count). The molecule has 0 saturated carbocycles. The summed E-state index contributed by atoms with van der Waals surface area (Å²) >= 11 is 0. The lowest BCUT2D eigenvalue weighted by molar-refractivity contribution is -0.0132. The van der Waals surface area contributed by atoms with E-state index in [0.717, 1.165) is 16.9 Å². The molecule has 0 bridgehead atoms. The van der Waals surface area contributed by atoms with Crippen LogP contribution in [0.25, 0.3) is 0 Å². The number of halogens is 1. The number of carbonyl (C=O) groups is 1. The van der Waals surface area contributed by atoms with Gasteiger partial charge in [-0.05, 0) is 29.7 Å². The van der Waals surface area contributed by atoms with Crippen molar-refractivity contribution in [3.8, 4) is 5.75 Å². The predicted molar refractivity (Wildman–Crippen MR) is 88.7 cm³/mol. The van der Waals surface area contributed by atoms with E-state index in [0.29, 0.717) is 6.42 Å². The standard InChI is InChI=1S/C19H20FNO3/c1-23-16-9-7-14(8-10-16)11-18-17(20)12-21(18)19(22)24-13-15-5-3-2-4-6-15/h2-10,17-18H,11-13H2,1H3/t17?,18-/m0/s1. The Morgan fingerprint density at radius 3 is 2.46 bits per heavy atom. The van der Waals surface area contributed by atoms with Crippen LogP contribution in [0.4, 0.5) is 9.18 Å². The molecule has 0 aliphatic carbocycles. The first-order chi connectivity index (χ1) is 11.7. The third kappa shape index (κ3) is 3.67. The second kappa shape index (κ2) is 7.34. The highest BCUT2D eigenvalue weighted by atomic mass is 19.1. The van der Waals surface area contributed by atoms with E-state index in [2.05, 4.69) is 0 Å². The minimum Gasteiger partial charge on any atom is -0.497 e. The highest BCUT2D eigenvalue weighted by molar-refractivity contribution is 5.69. The summed E-state index contributed by atoms with van der Waals surface area (Å²) in [6.45, 7) is 0.289. The summed E-state index contributed by atoms with van der Waals surface area (Å²) in [6, 6.07) is 16.4. The van der Waals surface area contributed by atoms with E-state index in [4.69, 9.17) is 9.47 Å². The van der Waals surface area contributed by atoms with Gasteiger partial charge in [-0.25, -0.2) is 9.18 Å². The average Bonchev–Trinajstić information content (AvgIpc) is 2.63. The second-order valence-corrected chi connectivity index (χ2v) is 5.83. The lowest BCUT2D eigenvalue weighted by Gasteiger charge is -2.43. The minimum absolute atomic E-state index is 0.0917. The Labute approximate surface area is 140 Å². The molecular formula is C19H20FNO3. The summed E-state index contributed by atoms with van der Waals surface area (Å²) in [6.07, 6.45) is -1.02. The van der Waals surface area contributed by atoms with Gasteiger partial charge in [-0.1, -0.05) is 42.5 Å². The maximum atomic E-state index is 13.9. The zero-order valence-corrected chi connectivity index (χ0v) is 13.5. The van der Waals surface area contributed by atoms with E-state index in [9.17, 15) is 9.18 Å². The van der Waals surface area contributed by atoms with E-state index in [1.54, 1.807) is 7.11 Å². The molecule has 24 heavy (non-hydrogen) atoms. The van der Waals surface area contributed by atoms with Crippen LogP contribution < -0.4 is 4.74 Å². The summed E-state index contributed by atoms with van der Waals surface area (Å²) in [5, 5.41) is 0. The molecule has 1 heterocycles. The van der Waals surface area contributed by atoms with E-state index >= 15 is 0 Å². The minimum atomic E-state index is -1.02. The molecule has 126 valence electrons. The van der Waals surface area contributed by atoms with Crippen molar-refractivity contribution in [1.82, 2.24) is 4.90 Å². The highest BCUT2D eigenvalue weighted by Gasteiger charge is 2.43. The van der Waals surface area contributed by atoms with Crippen LogP contribution in [0.5, 0.6) is 5.75 Å². The van der Waals surface area contributed by atoms with Gasteiger partial charge in [0.2, 0.25) is 0 Å². The van der Waals surface area contributed by atoms with Gasteiger partial charge >= 0.3 is 6.09 Å². The van der Waals surface area contributed by atoms with Crippen LogP contribution >= 0.6 is 0 Å². The number of hydrogen-bond acceptors (Lipinski definition) is 3. The maximum Gasteiger partial charge on any atom is 0.410 e. The highest BCUT2D eigenvalue weighted by Crippen LogP contribution is 2.26. The molecule has 1 aliphatic heterocycles. The van der Waals surface area contributed by atoms with Crippen LogP contribution in [0.1, 0.15) is 11.1 Å². The number of alkyl halides is 1. The van der Waals surface area contributed by atoms with Gasteiger partial charge in [-0.3, -0.25) is 4.90 Å². The van der Waals surface area contributed by atoms with Crippen LogP contribution in [0, 0.1) is 0 Å². The van der Waals surface area contributed by atoms with Gasteiger partial charge < -0.3 is 9.47 Å². The zero-order chi connectivity index (χ0) is 16.9. The molecule has 1 fully saturated rings. The van der Waals surface area contributed by atoms with Crippen molar-refractivity contribution in [2.75, 3.05) is 13.7 Å². The molecule has 1 saturated heterocycles. The third-order valence-corrected chi connectivity index (χ3v) is 4.23. The molecule has 2 aromatic carbocycles. The molecule has 0 spiro atoms. The van der Waals surface area contributed by atoms with Crippen LogP contribution in [0.15, 0.2) is 54.6 Å². The molecule has 1 unspecified atom stereocenters. The van der Waals surface area contributed by atoms with Gasteiger partial charge in [0, 0.05) is 0 Å². The molecule has 1 amide bonds. The van der Waals surface area contributed by atoms with Gasteiger partial charge in [0.15, 0.2) is 0 Å². The number of methoxy groups -OCH3 is 1. The van der Waals surface area contributed by atoms with Gasteiger partial charge in [-0.15, -0.1) is 0 Å². The van der Waals surface area contributed by atoms with Gasteiger partial charge in [-0.2, -0.15) is 0 Å². The van der Waals surface area contributed by atoms with Gasteiger partial charge in [0.05, 0.1) is 19.7 Å². The van der Waals surface area contributed by atoms with Crippen LogP contribution in [0.2, 0.25) is 0 Å². The summed E-state index contributed by atoms with van der Waals surface area (Å²) in [5.74, 6) is 0.753. The fourth-order valence-corrected chi connectivity index (χ4v) is 2.76. The van der Waals surface area contributed by atoms with Crippen molar-refractivity contribution in [2.24, 2.45) is 0 Å². The summed E-state index contributed by atoms with van der Waals surface area (Å²) in [7, 11) is 1.60. The average molecular weight is 329 g/mol. The summed E-state index contributed by atoms with van der Waals surface area (Å²) < 4.78 is 24.3. The lowest BCUT2D eigenvalue weighted by Crippen LogP contribution is -2.61. The predicted octanol–water partition coefficient (Wildman–Crippen LogP) is 3.60. The van der Waals surface area contributed by atoms with Crippen LogP contribution in [-0.4, -0.2) is 36.9 Å². The molecule has 0 N–H and O–H groups in total. The second-order valence-electron chi connectivity index (χ2n) is 5.83. The number of ether oxygens (including phenoxy) is 2. The number of amides is 1. The zero-order valence-electron chi connectivity index (χ0n) is 13.5. The maximum absolute atomic E-state index is 13.9. The summed E-state index contributed by atoms with van der Waals surface area (Å²) in [5.41, 5.74) is 1.87. The van der Waals surface area contributed by atoms with Crippen molar-refractivity contribution >= 4 is 6.09 Å². The Morgan fingerprint density at radius 2 is 1.83 bits per heavy atom. The first kappa shape index (κ1) is 16.3. The van der Waals surface area contributed by atoms with Gasteiger partial charge in [0.25, 0.3) is 0 Å². The van der Waals surface area contributed by atoms with Crippen molar-refractivity contribution < 1.29 is 18.7 Å². The molecule has 4 nitrogen and oxygen atoms in total. The Hall–Kier alpha value is -2.56. The van der Waals surface area contributed by atoms with Crippen molar-refractivity contribution in [1.29, 1.82) is 0 Å². The Morgan fingerprint density at radius 1 is 1.12 bits per heavy atom. The topological polar surface area (TPSA) is 38.8 Å². The van der Waals surface area contributed by atoms with E-state index < -0.39 is 18.3 Å². The van der Waals surface area contributed by atoms with E-state index in [-0.39, 0.29) is 13.2 Å². The number of carbonyl (C=O) groups excluding carboxylic acids is 1. The summed E-state index contributed by atoms with van der Waals surface area (Å²) in [4.78, 5) is 13.6. The molecule has 2 aromatic rings. The van der Waals surface area contributed by atoms with E-state index in [1.165, 1.54) is 4.90 Å². The van der Waals surface area contributed by atoms with Gasteiger partial charge in [0.1, 0.15) is 18.5 Å². The quantitative estimate of drug-likeness (QED) is 0.841. The number of rotatable bonds is 5. The van der Waals surface area contributed by atoms with Crippen LogP contribution in [0.3, 0.4) is 0 Å². The molecule has 1 aliphatic rings. The van der Waals surface area contributed by atoms with Crippen molar-refractivity contribution in [3.05, 3.63) is 65.7 Å². The lowest BCUT2D eigenvalue weighted by atomic mass is 9.94. The third-order valence-electron chi connectivity index (χ3n) is 4.23. The number of nitrogens with zero attached hydrogens (tertiary/aromatic N) is 1.